The molecule has 0 amide bonds. The SMILES string of the molecule is CCOC(=O)c1cnn(-c2nccs2)c1C1CC1. The number of carbonyl (C=O) groups excluding carboxylic acids is 1. The molecule has 1 fully saturated rings. The maximum absolute atomic E-state index is 11.9. The molecule has 1 aliphatic carbocycles. The Bertz CT molecular complexity index is 558. The number of aromatic nitrogens is 3. The molecule has 3 rings (SSSR count). The first-order valence-electron chi connectivity index (χ1n) is 5.96. The number of hydrogen-bond acceptors (Lipinski definition) is 5. The summed E-state index contributed by atoms with van der Waals surface area (Å²) in [5, 5.41) is 6.99. The van der Waals surface area contributed by atoms with Crippen molar-refractivity contribution in [3.05, 3.63) is 29.0 Å². The van der Waals surface area contributed by atoms with E-state index in [1.54, 1.807) is 24.0 Å². The van der Waals surface area contributed by atoms with Gasteiger partial charge in [-0.3, -0.25) is 0 Å². The van der Waals surface area contributed by atoms with Gasteiger partial charge in [-0.1, -0.05) is 0 Å². The third-order valence-electron chi connectivity index (χ3n) is 2.87. The van der Waals surface area contributed by atoms with E-state index in [4.69, 9.17) is 4.74 Å². The monoisotopic (exact) mass is 263 g/mol. The smallest absolute Gasteiger partial charge is 0.341 e. The average molecular weight is 263 g/mol. The standard InChI is InChI=1S/C12H13N3O2S/c1-2-17-11(16)9-7-14-15(10(9)8-3-4-8)12-13-5-6-18-12/h5-8H,2-4H2,1H3. The van der Waals surface area contributed by atoms with Crippen LogP contribution < -0.4 is 0 Å². The minimum atomic E-state index is -0.290. The largest absolute Gasteiger partial charge is 0.462 e. The van der Waals surface area contributed by atoms with Crippen molar-refractivity contribution in [2.24, 2.45) is 0 Å². The quantitative estimate of drug-likeness (QED) is 0.795. The highest BCUT2D eigenvalue weighted by molar-refractivity contribution is 7.12. The van der Waals surface area contributed by atoms with E-state index in [1.165, 1.54) is 11.3 Å². The van der Waals surface area contributed by atoms with E-state index in [9.17, 15) is 4.79 Å². The third kappa shape index (κ3) is 1.92. The molecule has 18 heavy (non-hydrogen) atoms. The number of ether oxygens (including phenoxy) is 1. The van der Waals surface area contributed by atoms with Crippen molar-refractivity contribution in [1.29, 1.82) is 0 Å². The molecule has 0 aromatic carbocycles. The predicted molar refractivity (Wildman–Crippen MR) is 67.2 cm³/mol. The van der Waals surface area contributed by atoms with Gasteiger partial charge in [-0.2, -0.15) is 5.10 Å². The number of rotatable bonds is 4. The van der Waals surface area contributed by atoms with Gasteiger partial charge in [-0.05, 0) is 19.8 Å². The zero-order valence-corrected chi connectivity index (χ0v) is 10.8. The summed E-state index contributed by atoms with van der Waals surface area (Å²) in [6, 6.07) is 0. The second-order valence-electron chi connectivity index (χ2n) is 4.16. The molecule has 0 spiro atoms. The third-order valence-corrected chi connectivity index (χ3v) is 3.61. The Balaban J connectivity index is 2.03. The summed E-state index contributed by atoms with van der Waals surface area (Å²) in [5.41, 5.74) is 1.53. The van der Waals surface area contributed by atoms with Crippen LogP contribution in [0.25, 0.3) is 5.13 Å². The van der Waals surface area contributed by atoms with E-state index in [0.29, 0.717) is 18.1 Å². The lowest BCUT2D eigenvalue weighted by atomic mass is 10.2. The zero-order valence-electron chi connectivity index (χ0n) is 10.00. The highest BCUT2D eigenvalue weighted by Crippen LogP contribution is 2.42. The number of carbonyl (C=O) groups is 1. The second kappa shape index (κ2) is 4.53. The number of thiazole rings is 1. The summed E-state index contributed by atoms with van der Waals surface area (Å²) in [6.45, 7) is 2.19. The van der Waals surface area contributed by atoms with Gasteiger partial charge in [0.05, 0.1) is 18.5 Å². The summed E-state index contributed by atoms with van der Waals surface area (Å²) in [4.78, 5) is 16.1. The molecule has 0 bridgehead atoms. The lowest BCUT2D eigenvalue weighted by Gasteiger charge is -2.05. The van der Waals surface area contributed by atoms with Gasteiger partial charge in [-0.15, -0.1) is 11.3 Å². The van der Waals surface area contributed by atoms with E-state index in [-0.39, 0.29) is 5.97 Å². The molecule has 94 valence electrons. The molecule has 2 aromatic heterocycles. The first-order valence-corrected chi connectivity index (χ1v) is 6.84. The number of esters is 1. The van der Waals surface area contributed by atoms with Crippen LogP contribution in [0.4, 0.5) is 0 Å². The van der Waals surface area contributed by atoms with Crippen LogP contribution in [-0.2, 0) is 4.74 Å². The lowest BCUT2D eigenvalue weighted by molar-refractivity contribution is 0.0525. The fraction of sp³-hybridized carbons (Fsp3) is 0.417. The molecule has 0 atom stereocenters. The van der Waals surface area contributed by atoms with Gasteiger partial charge >= 0.3 is 5.97 Å². The average Bonchev–Trinajstić information content (AvgIpc) is 2.92. The van der Waals surface area contributed by atoms with Crippen LogP contribution in [-0.4, -0.2) is 27.3 Å². The first-order chi connectivity index (χ1) is 8.81. The Hall–Kier alpha value is -1.69. The van der Waals surface area contributed by atoms with Crippen LogP contribution in [0.1, 0.15) is 41.7 Å². The molecule has 1 saturated carbocycles. The highest BCUT2D eigenvalue weighted by atomic mass is 32.1. The molecule has 0 aliphatic heterocycles. The van der Waals surface area contributed by atoms with Crippen LogP contribution in [0.15, 0.2) is 17.8 Å². The van der Waals surface area contributed by atoms with Gasteiger partial charge in [0.15, 0.2) is 0 Å². The van der Waals surface area contributed by atoms with Crippen molar-refractivity contribution < 1.29 is 9.53 Å². The van der Waals surface area contributed by atoms with Crippen molar-refractivity contribution in [2.75, 3.05) is 6.61 Å². The Morgan fingerprint density at radius 2 is 2.44 bits per heavy atom. The fourth-order valence-corrected chi connectivity index (χ4v) is 2.56. The molecule has 1 aliphatic rings. The molecule has 6 heteroatoms. The Kier molecular flexibility index (Phi) is 2.87. The molecule has 5 nitrogen and oxygen atoms in total. The van der Waals surface area contributed by atoms with Crippen molar-refractivity contribution in [1.82, 2.24) is 14.8 Å². The fourth-order valence-electron chi connectivity index (χ4n) is 1.95. The summed E-state index contributed by atoms with van der Waals surface area (Å²) in [6.07, 6.45) is 5.53. The maximum atomic E-state index is 11.9. The summed E-state index contributed by atoms with van der Waals surface area (Å²) < 4.78 is 6.84. The van der Waals surface area contributed by atoms with E-state index in [1.807, 2.05) is 5.38 Å². The van der Waals surface area contributed by atoms with E-state index in [2.05, 4.69) is 10.1 Å². The molecular formula is C12H13N3O2S. The number of nitrogens with zero attached hydrogens (tertiary/aromatic N) is 3. The normalized spacial score (nSPS) is 14.7. The minimum Gasteiger partial charge on any atom is -0.462 e. The van der Waals surface area contributed by atoms with Gasteiger partial charge in [0, 0.05) is 17.5 Å². The van der Waals surface area contributed by atoms with Crippen LogP contribution in [0.2, 0.25) is 0 Å². The van der Waals surface area contributed by atoms with Gasteiger partial charge < -0.3 is 4.74 Å². The molecule has 0 N–H and O–H groups in total. The van der Waals surface area contributed by atoms with Crippen molar-refractivity contribution in [3.63, 3.8) is 0 Å². The van der Waals surface area contributed by atoms with Crippen molar-refractivity contribution in [2.45, 2.75) is 25.7 Å². The zero-order chi connectivity index (χ0) is 12.5. The van der Waals surface area contributed by atoms with Gasteiger partial charge in [-0.25, -0.2) is 14.5 Å². The van der Waals surface area contributed by atoms with Gasteiger partial charge in [0.25, 0.3) is 0 Å². The molecule has 0 unspecified atom stereocenters. The second-order valence-corrected chi connectivity index (χ2v) is 5.04. The summed E-state index contributed by atoms with van der Waals surface area (Å²) >= 11 is 1.51. The summed E-state index contributed by atoms with van der Waals surface area (Å²) in [7, 11) is 0. The predicted octanol–water partition coefficient (Wildman–Crippen LogP) is 2.38. The molecule has 2 heterocycles. The topological polar surface area (TPSA) is 57.0 Å². The molecule has 0 radical (unpaired) electrons. The van der Waals surface area contributed by atoms with Crippen LogP contribution in [0, 0.1) is 0 Å². The van der Waals surface area contributed by atoms with Crippen LogP contribution in [0.3, 0.4) is 0 Å². The van der Waals surface area contributed by atoms with Crippen molar-refractivity contribution in [3.8, 4) is 5.13 Å². The van der Waals surface area contributed by atoms with E-state index >= 15 is 0 Å². The molecule has 2 aromatic rings. The lowest BCUT2D eigenvalue weighted by Crippen LogP contribution is -2.08. The van der Waals surface area contributed by atoms with Gasteiger partial charge in [0.1, 0.15) is 5.56 Å². The van der Waals surface area contributed by atoms with Crippen LogP contribution in [0.5, 0.6) is 0 Å². The Morgan fingerprint density at radius 3 is 3.06 bits per heavy atom. The molecular weight excluding hydrogens is 250 g/mol. The Morgan fingerprint density at radius 1 is 1.61 bits per heavy atom. The highest BCUT2D eigenvalue weighted by Gasteiger charge is 2.33. The first kappa shape index (κ1) is 11.4. The minimum absolute atomic E-state index is 0.290. The van der Waals surface area contributed by atoms with E-state index < -0.39 is 0 Å². The van der Waals surface area contributed by atoms with Crippen molar-refractivity contribution >= 4 is 17.3 Å². The molecule has 0 saturated heterocycles. The van der Waals surface area contributed by atoms with Crippen LogP contribution >= 0.6 is 11.3 Å². The van der Waals surface area contributed by atoms with Gasteiger partial charge in [0.2, 0.25) is 5.13 Å². The summed E-state index contributed by atoms with van der Waals surface area (Å²) in [5.74, 6) is 0.123. The number of hydrogen-bond donors (Lipinski definition) is 0. The maximum Gasteiger partial charge on any atom is 0.341 e. The van der Waals surface area contributed by atoms with E-state index in [0.717, 1.165) is 23.7 Å². The Labute approximate surface area is 108 Å².